The van der Waals surface area contributed by atoms with Crippen LogP contribution in [0.25, 0.3) is 0 Å². The number of para-hydroxylation sites is 1. The van der Waals surface area contributed by atoms with Gasteiger partial charge in [0.25, 0.3) is 5.91 Å². The van der Waals surface area contributed by atoms with E-state index in [0.717, 1.165) is 16.7 Å². The molecule has 6 heteroatoms. The zero-order valence-electron chi connectivity index (χ0n) is 19.1. The van der Waals surface area contributed by atoms with E-state index in [-0.39, 0.29) is 23.7 Å². The van der Waals surface area contributed by atoms with E-state index in [1.54, 1.807) is 24.3 Å². The summed E-state index contributed by atoms with van der Waals surface area (Å²) in [6.45, 7) is 6.81. The molecule has 0 bridgehead atoms. The molecular formula is C27H29N3O3. The molecule has 3 N–H and O–H groups in total. The van der Waals surface area contributed by atoms with Gasteiger partial charge in [0.05, 0.1) is 11.3 Å². The van der Waals surface area contributed by atoms with Gasteiger partial charge in [-0.05, 0) is 41.7 Å². The molecule has 0 heterocycles. The maximum absolute atomic E-state index is 12.7. The van der Waals surface area contributed by atoms with Gasteiger partial charge in [0.15, 0.2) is 0 Å². The van der Waals surface area contributed by atoms with E-state index in [1.807, 2.05) is 55.5 Å². The largest absolute Gasteiger partial charge is 0.348 e. The maximum Gasteiger partial charge on any atom is 0.313 e. The van der Waals surface area contributed by atoms with Crippen molar-refractivity contribution in [2.45, 2.75) is 39.8 Å². The fourth-order valence-corrected chi connectivity index (χ4v) is 3.35. The topological polar surface area (TPSA) is 87.3 Å². The third-order valence-corrected chi connectivity index (χ3v) is 5.26. The summed E-state index contributed by atoms with van der Waals surface area (Å²) in [4.78, 5) is 37.4. The summed E-state index contributed by atoms with van der Waals surface area (Å²) in [5.41, 5.74) is 4.76. The Morgan fingerprint density at radius 3 is 2.15 bits per heavy atom. The van der Waals surface area contributed by atoms with Crippen molar-refractivity contribution in [2.24, 2.45) is 0 Å². The first-order valence-corrected chi connectivity index (χ1v) is 10.9. The minimum Gasteiger partial charge on any atom is -0.348 e. The van der Waals surface area contributed by atoms with Crippen molar-refractivity contribution in [3.8, 4) is 0 Å². The second-order valence-electron chi connectivity index (χ2n) is 8.25. The van der Waals surface area contributed by atoms with Crippen LogP contribution in [0.3, 0.4) is 0 Å². The lowest BCUT2D eigenvalue weighted by Crippen LogP contribution is -2.35. The molecule has 0 aliphatic carbocycles. The molecule has 3 aromatic carbocycles. The average molecular weight is 444 g/mol. The van der Waals surface area contributed by atoms with Gasteiger partial charge in [-0.25, -0.2) is 0 Å². The third kappa shape index (κ3) is 6.77. The number of carbonyl (C=O) groups is 3. The predicted octanol–water partition coefficient (Wildman–Crippen LogP) is 4.30. The van der Waals surface area contributed by atoms with Crippen LogP contribution in [0.2, 0.25) is 0 Å². The van der Waals surface area contributed by atoms with Crippen LogP contribution >= 0.6 is 0 Å². The zero-order chi connectivity index (χ0) is 23.8. The number of hydrogen-bond donors (Lipinski definition) is 3. The maximum atomic E-state index is 12.7. The van der Waals surface area contributed by atoms with E-state index in [2.05, 4.69) is 29.8 Å². The summed E-state index contributed by atoms with van der Waals surface area (Å²) in [7, 11) is 0. The molecular weight excluding hydrogens is 414 g/mol. The molecule has 0 unspecified atom stereocenters. The van der Waals surface area contributed by atoms with Crippen LogP contribution < -0.4 is 16.0 Å². The van der Waals surface area contributed by atoms with Gasteiger partial charge in [0.2, 0.25) is 0 Å². The highest BCUT2D eigenvalue weighted by molar-refractivity contribution is 6.40. The summed E-state index contributed by atoms with van der Waals surface area (Å²) in [5, 5.41) is 8.02. The minimum atomic E-state index is -0.826. The highest BCUT2D eigenvalue weighted by Gasteiger charge is 2.17. The smallest absolute Gasteiger partial charge is 0.313 e. The van der Waals surface area contributed by atoms with Crippen LogP contribution in [-0.2, 0) is 22.7 Å². The molecule has 0 saturated carbocycles. The number of aryl methyl sites for hydroxylation is 1. The summed E-state index contributed by atoms with van der Waals surface area (Å²) < 4.78 is 0. The van der Waals surface area contributed by atoms with Crippen molar-refractivity contribution in [2.75, 3.05) is 5.32 Å². The SMILES string of the molecule is Cc1cccc(CNC(=O)c2ccccc2NC(=O)C(=O)NCc2ccc(C(C)C)cc2)c1. The molecule has 0 aliphatic rings. The predicted molar refractivity (Wildman–Crippen MR) is 130 cm³/mol. The monoisotopic (exact) mass is 443 g/mol. The molecule has 170 valence electrons. The summed E-state index contributed by atoms with van der Waals surface area (Å²) in [6, 6.07) is 22.3. The molecule has 3 amide bonds. The second-order valence-corrected chi connectivity index (χ2v) is 8.25. The molecule has 0 fully saturated rings. The van der Waals surface area contributed by atoms with Gasteiger partial charge in [-0.15, -0.1) is 0 Å². The van der Waals surface area contributed by atoms with Crippen LogP contribution in [0.15, 0.2) is 72.8 Å². The fraction of sp³-hybridized carbons (Fsp3) is 0.222. The number of hydrogen-bond acceptors (Lipinski definition) is 3. The van der Waals surface area contributed by atoms with Crippen molar-refractivity contribution in [3.05, 3.63) is 101 Å². The number of anilines is 1. The molecule has 0 spiro atoms. The Kier molecular flexibility index (Phi) is 7.97. The normalized spacial score (nSPS) is 10.5. The van der Waals surface area contributed by atoms with Gasteiger partial charge in [0.1, 0.15) is 0 Å². The lowest BCUT2D eigenvalue weighted by atomic mass is 10.0. The Labute approximate surface area is 194 Å². The van der Waals surface area contributed by atoms with E-state index < -0.39 is 11.8 Å². The first-order valence-electron chi connectivity index (χ1n) is 10.9. The zero-order valence-corrected chi connectivity index (χ0v) is 19.1. The Balaban J connectivity index is 1.58. The highest BCUT2D eigenvalue weighted by atomic mass is 16.2. The van der Waals surface area contributed by atoms with Crippen LogP contribution in [0, 0.1) is 6.92 Å². The molecule has 3 aromatic rings. The van der Waals surface area contributed by atoms with E-state index in [4.69, 9.17) is 0 Å². The van der Waals surface area contributed by atoms with Crippen LogP contribution in [0.5, 0.6) is 0 Å². The van der Waals surface area contributed by atoms with Crippen molar-refractivity contribution in [1.82, 2.24) is 10.6 Å². The lowest BCUT2D eigenvalue weighted by molar-refractivity contribution is -0.136. The number of amides is 3. The van der Waals surface area contributed by atoms with Crippen molar-refractivity contribution in [1.29, 1.82) is 0 Å². The molecule has 0 aromatic heterocycles. The van der Waals surface area contributed by atoms with E-state index in [9.17, 15) is 14.4 Å². The number of nitrogens with one attached hydrogen (secondary N) is 3. The van der Waals surface area contributed by atoms with E-state index in [1.165, 1.54) is 5.56 Å². The average Bonchev–Trinajstić information content (AvgIpc) is 2.81. The van der Waals surface area contributed by atoms with Crippen molar-refractivity contribution < 1.29 is 14.4 Å². The summed E-state index contributed by atoms with van der Waals surface area (Å²) >= 11 is 0. The first kappa shape index (κ1) is 23.7. The van der Waals surface area contributed by atoms with Gasteiger partial charge in [-0.2, -0.15) is 0 Å². The van der Waals surface area contributed by atoms with Crippen LogP contribution in [0.1, 0.15) is 52.4 Å². The minimum absolute atomic E-state index is 0.239. The second kappa shape index (κ2) is 11.1. The van der Waals surface area contributed by atoms with Gasteiger partial charge < -0.3 is 16.0 Å². The molecule has 6 nitrogen and oxygen atoms in total. The van der Waals surface area contributed by atoms with Gasteiger partial charge in [-0.3, -0.25) is 14.4 Å². The Bertz CT molecular complexity index is 1140. The Morgan fingerprint density at radius 1 is 0.758 bits per heavy atom. The summed E-state index contributed by atoms with van der Waals surface area (Å²) in [6.07, 6.45) is 0. The standard InChI is InChI=1S/C27H29N3O3/c1-18(2)22-13-11-20(12-14-22)16-29-26(32)27(33)30-24-10-5-4-9-23(24)25(31)28-17-21-8-6-7-19(3)15-21/h4-15,18H,16-17H2,1-3H3,(H,28,31)(H,29,32)(H,30,33). The van der Waals surface area contributed by atoms with Gasteiger partial charge in [0, 0.05) is 13.1 Å². The van der Waals surface area contributed by atoms with Gasteiger partial charge in [-0.1, -0.05) is 80.1 Å². The quantitative estimate of drug-likeness (QED) is 0.476. The third-order valence-electron chi connectivity index (χ3n) is 5.26. The molecule has 0 saturated heterocycles. The first-order chi connectivity index (χ1) is 15.8. The molecule has 0 aliphatic heterocycles. The van der Waals surface area contributed by atoms with Crippen molar-refractivity contribution >= 4 is 23.4 Å². The molecule has 33 heavy (non-hydrogen) atoms. The number of carbonyl (C=O) groups excluding carboxylic acids is 3. The van der Waals surface area contributed by atoms with Crippen LogP contribution in [-0.4, -0.2) is 17.7 Å². The Hall–Kier alpha value is -3.93. The fourth-order valence-electron chi connectivity index (χ4n) is 3.35. The highest BCUT2D eigenvalue weighted by Crippen LogP contribution is 2.16. The molecule has 0 radical (unpaired) electrons. The van der Waals surface area contributed by atoms with E-state index >= 15 is 0 Å². The van der Waals surface area contributed by atoms with Crippen LogP contribution in [0.4, 0.5) is 5.69 Å². The van der Waals surface area contributed by atoms with E-state index in [0.29, 0.717) is 12.5 Å². The van der Waals surface area contributed by atoms with Crippen molar-refractivity contribution in [3.63, 3.8) is 0 Å². The van der Waals surface area contributed by atoms with Gasteiger partial charge >= 0.3 is 11.8 Å². The Morgan fingerprint density at radius 2 is 1.45 bits per heavy atom. The number of rotatable bonds is 7. The molecule has 0 atom stereocenters. The summed E-state index contributed by atoms with van der Waals surface area (Å²) in [5.74, 6) is -1.50. The number of benzene rings is 3. The molecule has 3 rings (SSSR count). The lowest BCUT2D eigenvalue weighted by Gasteiger charge is -2.12.